The molecular formula is C16H12Cl2F3N3O2S. The Labute approximate surface area is 166 Å². The molecular weight excluding hydrogens is 426 g/mol. The van der Waals surface area contributed by atoms with Gasteiger partial charge in [-0.3, -0.25) is 10.2 Å². The van der Waals surface area contributed by atoms with E-state index in [1.54, 1.807) is 18.2 Å². The van der Waals surface area contributed by atoms with E-state index < -0.39 is 23.7 Å². The van der Waals surface area contributed by atoms with Crippen molar-refractivity contribution >= 4 is 52.6 Å². The number of amides is 3. The van der Waals surface area contributed by atoms with Crippen LogP contribution in [0.5, 0.6) is 0 Å². The van der Waals surface area contributed by atoms with Gasteiger partial charge in [-0.15, -0.1) is 11.8 Å². The third kappa shape index (κ3) is 7.20. The number of halogens is 5. The van der Waals surface area contributed by atoms with Crippen LogP contribution in [0, 0.1) is 0 Å². The van der Waals surface area contributed by atoms with E-state index in [0.717, 1.165) is 30.0 Å². The van der Waals surface area contributed by atoms with Gasteiger partial charge < -0.3 is 5.32 Å². The summed E-state index contributed by atoms with van der Waals surface area (Å²) in [6.07, 6.45) is -4.52. The number of urea groups is 1. The number of hydrogen-bond acceptors (Lipinski definition) is 3. The van der Waals surface area contributed by atoms with Gasteiger partial charge in [0.1, 0.15) is 0 Å². The fraction of sp³-hybridized carbons (Fsp3) is 0.125. The number of alkyl halides is 3. The molecule has 2 aromatic carbocycles. The average molecular weight is 438 g/mol. The summed E-state index contributed by atoms with van der Waals surface area (Å²) >= 11 is 12.8. The number of carbonyl (C=O) groups excluding carboxylic acids is 2. The van der Waals surface area contributed by atoms with Crippen molar-refractivity contribution in [1.82, 2.24) is 10.9 Å². The fourth-order valence-electron chi connectivity index (χ4n) is 1.86. The van der Waals surface area contributed by atoms with Crippen LogP contribution in [0.1, 0.15) is 5.56 Å². The number of nitrogens with one attached hydrogen (secondary N) is 3. The molecule has 0 aliphatic carbocycles. The molecule has 2 rings (SSSR count). The number of anilines is 1. The first-order valence-corrected chi connectivity index (χ1v) is 8.99. The highest BCUT2D eigenvalue weighted by molar-refractivity contribution is 8.00. The maximum absolute atomic E-state index is 12.6. The molecule has 0 heterocycles. The average Bonchev–Trinajstić information content (AvgIpc) is 2.57. The standard InChI is InChI=1S/C16H12Cl2F3N3O2S/c17-10-5-11(18)7-13(6-10)27-8-14(25)23-24-15(26)22-12-3-1-2-9(4-12)16(19,20)21/h1-7H,8H2,(H,23,25)(H2,22,24,26). The van der Waals surface area contributed by atoms with Gasteiger partial charge in [-0.25, -0.2) is 10.2 Å². The normalized spacial score (nSPS) is 11.0. The van der Waals surface area contributed by atoms with Gasteiger partial charge in [0, 0.05) is 20.6 Å². The third-order valence-electron chi connectivity index (χ3n) is 2.97. The van der Waals surface area contributed by atoms with Crippen molar-refractivity contribution in [1.29, 1.82) is 0 Å². The summed E-state index contributed by atoms with van der Waals surface area (Å²) in [5.74, 6) is -0.573. The molecule has 0 aliphatic heterocycles. The lowest BCUT2D eigenvalue weighted by molar-refractivity contribution is -0.137. The molecule has 0 bridgehead atoms. The Hall–Kier alpha value is -2.10. The summed E-state index contributed by atoms with van der Waals surface area (Å²) in [5.41, 5.74) is 3.22. The van der Waals surface area contributed by atoms with Crippen molar-refractivity contribution < 1.29 is 22.8 Å². The van der Waals surface area contributed by atoms with Gasteiger partial charge >= 0.3 is 12.2 Å². The van der Waals surface area contributed by atoms with E-state index in [4.69, 9.17) is 23.2 Å². The lowest BCUT2D eigenvalue weighted by Gasteiger charge is -2.11. The van der Waals surface area contributed by atoms with Crippen molar-refractivity contribution in [2.75, 3.05) is 11.1 Å². The number of thioether (sulfide) groups is 1. The zero-order valence-electron chi connectivity index (χ0n) is 13.4. The summed E-state index contributed by atoms with van der Waals surface area (Å²) in [5, 5.41) is 3.03. The molecule has 0 saturated heterocycles. The largest absolute Gasteiger partial charge is 0.416 e. The van der Waals surface area contributed by atoms with E-state index in [1.165, 1.54) is 6.07 Å². The maximum Gasteiger partial charge on any atom is 0.416 e. The third-order valence-corrected chi connectivity index (χ3v) is 4.38. The van der Waals surface area contributed by atoms with Crippen LogP contribution in [0.4, 0.5) is 23.7 Å². The number of rotatable bonds is 4. The molecule has 0 atom stereocenters. The Morgan fingerprint density at radius 2 is 1.67 bits per heavy atom. The van der Waals surface area contributed by atoms with Crippen molar-refractivity contribution in [2.45, 2.75) is 11.1 Å². The second kappa shape index (κ2) is 9.20. The Balaban J connectivity index is 1.80. The molecule has 0 aliphatic rings. The molecule has 3 amide bonds. The van der Waals surface area contributed by atoms with Gasteiger partial charge in [-0.2, -0.15) is 13.2 Å². The highest BCUT2D eigenvalue weighted by atomic mass is 35.5. The molecule has 144 valence electrons. The van der Waals surface area contributed by atoms with Gasteiger partial charge in [0.2, 0.25) is 5.91 Å². The van der Waals surface area contributed by atoms with Gasteiger partial charge in [0.05, 0.1) is 11.3 Å². The van der Waals surface area contributed by atoms with Crippen LogP contribution in [-0.4, -0.2) is 17.7 Å². The molecule has 2 aromatic rings. The quantitative estimate of drug-likeness (QED) is 0.467. The zero-order valence-corrected chi connectivity index (χ0v) is 15.7. The molecule has 0 radical (unpaired) electrons. The van der Waals surface area contributed by atoms with Gasteiger partial charge in [-0.1, -0.05) is 29.3 Å². The highest BCUT2D eigenvalue weighted by Crippen LogP contribution is 2.30. The highest BCUT2D eigenvalue weighted by Gasteiger charge is 2.30. The van der Waals surface area contributed by atoms with Gasteiger partial charge in [-0.05, 0) is 36.4 Å². The second-order valence-electron chi connectivity index (χ2n) is 5.10. The summed E-state index contributed by atoms with van der Waals surface area (Å²) < 4.78 is 37.9. The Morgan fingerprint density at radius 3 is 2.30 bits per heavy atom. The minimum absolute atomic E-state index is 0.0412. The van der Waals surface area contributed by atoms with Crippen molar-refractivity contribution in [3.8, 4) is 0 Å². The molecule has 0 unspecified atom stereocenters. The first-order valence-electron chi connectivity index (χ1n) is 7.25. The van der Waals surface area contributed by atoms with Crippen molar-refractivity contribution in [3.05, 3.63) is 58.1 Å². The SMILES string of the molecule is O=C(CSc1cc(Cl)cc(Cl)c1)NNC(=O)Nc1cccc(C(F)(F)F)c1. The summed E-state index contributed by atoms with van der Waals surface area (Å²) in [6, 6.07) is 8.01. The molecule has 0 aromatic heterocycles. The maximum atomic E-state index is 12.6. The molecule has 3 N–H and O–H groups in total. The minimum Gasteiger partial charge on any atom is -0.307 e. The van der Waals surface area contributed by atoms with E-state index in [2.05, 4.69) is 16.2 Å². The van der Waals surface area contributed by atoms with Crippen molar-refractivity contribution in [3.63, 3.8) is 0 Å². The number of hydrazine groups is 1. The number of benzene rings is 2. The molecule has 5 nitrogen and oxygen atoms in total. The Kier molecular flexibility index (Phi) is 7.23. The predicted octanol–water partition coefficient (Wildman–Crippen LogP) is 4.96. The molecule has 0 spiro atoms. The lowest BCUT2D eigenvalue weighted by Crippen LogP contribution is -2.44. The topological polar surface area (TPSA) is 70.2 Å². The summed E-state index contributed by atoms with van der Waals surface area (Å²) in [4.78, 5) is 24.1. The van der Waals surface area contributed by atoms with E-state index >= 15 is 0 Å². The number of hydrogen-bond donors (Lipinski definition) is 3. The minimum atomic E-state index is -4.52. The zero-order chi connectivity index (χ0) is 20.0. The molecule has 0 saturated carbocycles. The summed E-state index contributed by atoms with van der Waals surface area (Å²) in [6.45, 7) is 0. The smallest absolute Gasteiger partial charge is 0.307 e. The van der Waals surface area contributed by atoms with E-state index in [-0.39, 0.29) is 11.4 Å². The molecule has 11 heteroatoms. The van der Waals surface area contributed by atoms with Crippen LogP contribution in [-0.2, 0) is 11.0 Å². The Morgan fingerprint density at radius 1 is 1.00 bits per heavy atom. The van der Waals surface area contributed by atoms with Gasteiger partial charge in [0.15, 0.2) is 0 Å². The lowest BCUT2D eigenvalue weighted by atomic mass is 10.2. The van der Waals surface area contributed by atoms with Crippen LogP contribution in [0.2, 0.25) is 10.0 Å². The van der Waals surface area contributed by atoms with Crippen LogP contribution in [0.15, 0.2) is 47.4 Å². The Bertz CT molecular complexity index is 830. The first kappa shape index (κ1) is 21.2. The monoisotopic (exact) mass is 437 g/mol. The van der Waals surface area contributed by atoms with Crippen LogP contribution >= 0.6 is 35.0 Å². The van der Waals surface area contributed by atoms with Crippen molar-refractivity contribution in [2.24, 2.45) is 0 Å². The molecule has 0 fully saturated rings. The second-order valence-corrected chi connectivity index (χ2v) is 7.02. The van der Waals surface area contributed by atoms with Crippen LogP contribution in [0.3, 0.4) is 0 Å². The predicted molar refractivity (Wildman–Crippen MR) is 98.9 cm³/mol. The van der Waals surface area contributed by atoms with Crippen LogP contribution in [0.25, 0.3) is 0 Å². The van der Waals surface area contributed by atoms with E-state index in [9.17, 15) is 22.8 Å². The van der Waals surface area contributed by atoms with E-state index in [0.29, 0.717) is 14.9 Å². The van der Waals surface area contributed by atoms with E-state index in [1.807, 2.05) is 0 Å². The van der Waals surface area contributed by atoms with Crippen LogP contribution < -0.4 is 16.2 Å². The fourth-order valence-corrected chi connectivity index (χ4v) is 3.30. The first-order chi connectivity index (χ1) is 12.6. The summed E-state index contributed by atoms with van der Waals surface area (Å²) in [7, 11) is 0. The number of carbonyl (C=O) groups is 2. The molecule has 27 heavy (non-hydrogen) atoms. The van der Waals surface area contributed by atoms with Gasteiger partial charge in [0.25, 0.3) is 0 Å².